The molecule has 2 fully saturated rings. The number of aliphatic hydroxyl groups is 1. The van der Waals surface area contributed by atoms with Crippen LogP contribution in [0, 0.1) is 17.8 Å². The average molecular weight is 301 g/mol. The Morgan fingerprint density at radius 1 is 1.23 bits per heavy atom. The van der Waals surface area contributed by atoms with Crippen molar-refractivity contribution in [2.24, 2.45) is 17.8 Å². The van der Waals surface area contributed by atoms with E-state index in [4.69, 9.17) is 0 Å². The fourth-order valence-corrected chi connectivity index (χ4v) is 3.85. The van der Waals surface area contributed by atoms with Crippen LogP contribution in [0.5, 0.6) is 0 Å². The summed E-state index contributed by atoms with van der Waals surface area (Å²) in [5.41, 5.74) is 2.23. The van der Waals surface area contributed by atoms with Gasteiger partial charge in [-0.2, -0.15) is 0 Å². The number of nitrogens with one attached hydrogen (secondary N) is 1. The summed E-state index contributed by atoms with van der Waals surface area (Å²) in [5, 5.41) is 13.2. The minimum Gasteiger partial charge on any atom is -0.387 e. The van der Waals surface area contributed by atoms with Gasteiger partial charge in [0, 0.05) is 12.5 Å². The normalized spacial score (nSPS) is 28.1. The minimum atomic E-state index is -0.628. The van der Waals surface area contributed by atoms with E-state index < -0.39 is 6.10 Å². The van der Waals surface area contributed by atoms with Crippen LogP contribution in [0.4, 0.5) is 0 Å². The third kappa shape index (κ3) is 3.05. The van der Waals surface area contributed by atoms with Gasteiger partial charge >= 0.3 is 0 Å². The Hall–Kier alpha value is -1.35. The molecule has 1 amide bonds. The lowest BCUT2D eigenvalue weighted by atomic mass is 9.86. The van der Waals surface area contributed by atoms with E-state index in [-0.39, 0.29) is 17.2 Å². The largest absolute Gasteiger partial charge is 0.387 e. The molecule has 2 aliphatic rings. The lowest BCUT2D eigenvalue weighted by molar-refractivity contribution is -0.123. The van der Waals surface area contributed by atoms with E-state index in [0.717, 1.165) is 5.56 Å². The highest BCUT2D eigenvalue weighted by molar-refractivity contribution is 5.82. The van der Waals surface area contributed by atoms with Gasteiger partial charge in [0.15, 0.2) is 0 Å². The molecule has 120 valence electrons. The number of hydrogen-bond donors (Lipinski definition) is 2. The summed E-state index contributed by atoms with van der Waals surface area (Å²) in [6.45, 7) is 6.82. The van der Waals surface area contributed by atoms with Gasteiger partial charge in [0.2, 0.25) is 5.91 Å². The predicted octanol–water partition coefficient (Wildman–Crippen LogP) is 3.18. The molecule has 3 atom stereocenters. The Morgan fingerprint density at radius 3 is 2.36 bits per heavy atom. The van der Waals surface area contributed by atoms with Gasteiger partial charge in [-0.3, -0.25) is 4.79 Å². The Kier molecular flexibility index (Phi) is 4.02. The van der Waals surface area contributed by atoms with Crippen LogP contribution < -0.4 is 5.32 Å². The Morgan fingerprint density at radius 2 is 1.82 bits per heavy atom. The molecule has 0 aromatic heterocycles. The van der Waals surface area contributed by atoms with E-state index in [1.165, 1.54) is 24.8 Å². The highest BCUT2D eigenvalue weighted by atomic mass is 16.3. The summed E-state index contributed by atoms with van der Waals surface area (Å²) in [4.78, 5) is 12.1. The van der Waals surface area contributed by atoms with Crippen molar-refractivity contribution in [1.82, 2.24) is 5.32 Å². The zero-order valence-corrected chi connectivity index (χ0v) is 13.8. The van der Waals surface area contributed by atoms with Crippen molar-refractivity contribution in [2.45, 2.75) is 51.6 Å². The van der Waals surface area contributed by atoms with Crippen LogP contribution in [-0.4, -0.2) is 17.6 Å². The van der Waals surface area contributed by atoms with E-state index in [1.807, 2.05) is 12.1 Å². The van der Waals surface area contributed by atoms with Gasteiger partial charge < -0.3 is 10.4 Å². The van der Waals surface area contributed by atoms with Crippen molar-refractivity contribution in [3.63, 3.8) is 0 Å². The number of carbonyl (C=O) groups is 1. The molecular weight excluding hydrogens is 274 g/mol. The van der Waals surface area contributed by atoms with E-state index >= 15 is 0 Å². The number of amides is 1. The topological polar surface area (TPSA) is 49.3 Å². The number of carbonyl (C=O) groups excluding carboxylic acids is 1. The van der Waals surface area contributed by atoms with Gasteiger partial charge in [-0.25, -0.2) is 0 Å². The van der Waals surface area contributed by atoms with E-state index in [1.54, 1.807) is 0 Å². The van der Waals surface area contributed by atoms with Crippen LogP contribution in [0.15, 0.2) is 24.3 Å². The van der Waals surface area contributed by atoms with Gasteiger partial charge in [0.05, 0.1) is 6.10 Å². The molecule has 2 saturated carbocycles. The standard InChI is InChI=1S/C19H27NO2/c1-19(2,3)13-9-7-12(8-10-13)16(21)11-20-18(22)17-14-5-4-6-15(14)17/h7-10,14-17,21H,4-6,11H2,1-3H3,(H,20,22). The number of benzene rings is 1. The lowest BCUT2D eigenvalue weighted by Crippen LogP contribution is -2.30. The van der Waals surface area contributed by atoms with Crippen LogP contribution in [0.3, 0.4) is 0 Å². The highest BCUT2D eigenvalue weighted by Gasteiger charge is 2.56. The van der Waals surface area contributed by atoms with E-state index in [2.05, 4.69) is 38.2 Å². The van der Waals surface area contributed by atoms with E-state index in [0.29, 0.717) is 18.4 Å². The second-order valence-corrected chi connectivity index (χ2v) is 7.92. The molecule has 2 N–H and O–H groups in total. The molecule has 3 unspecified atom stereocenters. The van der Waals surface area contributed by atoms with Gasteiger partial charge in [-0.05, 0) is 41.2 Å². The fraction of sp³-hybridized carbons (Fsp3) is 0.632. The Balaban J connectivity index is 1.51. The van der Waals surface area contributed by atoms with Crippen LogP contribution in [0.1, 0.15) is 57.3 Å². The molecule has 0 aliphatic heterocycles. The molecule has 0 bridgehead atoms. The molecule has 2 aliphatic carbocycles. The van der Waals surface area contributed by atoms with Crippen molar-refractivity contribution >= 4 is 5.91 Å². The zero-order valence-electron chi connectivity index (χ0n) is 13.8. The van der Waals surface area contributed by atoms with Gasteiger partial charge in [0.25, 0.3) is 0 Å². The second kappa shape index (κ2) is 5.69. The Bertz CT molecular complexity index is 534. The number of fused-ring (bicyclic) bond motifs is 1. The smallest absolute Gasteiger partial charge is 0.223 e. The highest BCUT2D eigenvalue weighted by Crippen LogP contribution is 2.57. The maximum Gasteiger partial charge on any atom is 0.223 e. The molecule has 3 nitrogen and oxygen atoms in total. The van der Waals surface area contributed by atoms with Crippen LogP contribution in [0.2, 0.25) is 0 Å². The summed E-state index contributed by atoms with van der Waals surface area (Å²) in [6.07, 6.45) is 3.07. The number of aliphatic hydroxyl groups excluding tert-OH is 1. The van der Waals surface area contributed by atoms with Gasteiger partial charge in [-0.1, -0.05) is 51.5 Å². The van der Waals surface area contributed by atoms with Crippen molar-refractivity contribution in [3.8, 4) is 0 Å². The third-order valence-corrected chi connectivity index (χ3v) is 5.34. The van der Waals surface area contributed by atoms with Crippen molar-refractivity contribution in [3.05, 3.63) is 35.4 Å². The molecule has 22 heavy (non-hydrogen) atoms. The summed E-state index contributed by atoms with van der Waals surface area (Å²) in [7, 11) is 0. The molecular formula is C19H27NO2. The molecule has 0 saturated heterocycles. The average Bonchev–Trinajstić information content (AvgIpc) is 2.96. The quantitative estimate of drug-likeness (QED) is 0.897. The summed E-state index contributed by atoms with van der Waals surface area (Å²) >= 11 is 0. The molecule has 0 radical (unpaired) electrons. The second-order valence-electron chi connectivity index (χ2n) is 7.92. The SMILES string of the molecule is CC(C)(C)c1ccc(C(O)CNC(=O)C2C3CCCC32)cc1. The van der Waals surface area contributed by atoms with Crippen molar-refractivity contribution < 1.29 is 9.90 Å². The van der Waals surface area contributed by atoms with Crippen molar-refractivity contribution in [2.75, 3.05) is 6.54 Å². The van der Waals surface area contributed by atoms with Crippen molar-refractivity contribution in [1.29, 1.82) is 0 Å². The van der Waals surface area contributed by atoms with Crippen LogP contribution in [0.25, 0.3) is 0 Å². The zero-order chi connectivity index (χ0) is 15.9. The third-order valence-electron chi connectivity index (χ3n) is 5.34. The molecule has 3 heteroatoms. The first kappa shape index (κ1) is 15.5. The molecule has 1 aromatic rings. The first-order valence-electron chi connectivity index (χ1n) is 8.44. The maximum atomic E-state index is 12.1. The van der Waals surface area contributed by atoms with Crippen LogP contribution in [-0.2, 0) is 10.2 Å². The Labute approximate surface area is 133 Å². The lowest BCUT2D eigenvalue weighted by Gasteiger charge is -2.20. The first-order valence-corrected chi connectivity index (χ1v) is 8.44. The summed E-state index contributed by atoms with van der Waals surface area (Å²) in [5.74, 6) is 1.62. The maximum absolute atomic E-state index is 12.1. The number of rotatable bonds is 4. The molecule has 3 rings (SSSR count). The number of hydrogen-bond acceptors (Lipinski definition) is 2. The molecule has 0 heterocycles. The molecule has 0 spiro atoms. The summed E-state index contributed by atoms with van der Waals surface area (Å²) in [6, 6.07) is 8.05. The summed E-state index contributed by atoms with van der Waals surface area (Å²) < 4.78 is 0. The fourth-order valence-electron chi connectivity index (χ4n) is 3.85. The molecule has 1 aromatic carbocycles. The van der Waals surface area contributed by atoms with Gasteiger partial charge in [0.1, 0.15) is 0 Å². The monoisotopic (exact) mass is 301 g/mol. The van der Waals surface area contributed by atoms with Gasteiger partial charge in [-0.15, -0.1) is 0 Å². The predicted molar refractivity (Wildman–Crippen MR) is 87.4 cm³/mol. The minimum absolute atomic E-state index is 0.113. The first-order chi connectivity index (χ1) is 10.4. The van der Waals surface area contributed by atoms with E-state index in [9.17, 15) is 9.90 Å². The van der Waals surface area contributed by atoms with Crippen LogP contribution >= 0.6 is 0 Å².